The zero-order valence-corrected chi connectivity index (χ0v) is 8.91. The van der Waals surface area contributed by atoms with E-state index in [-0.39, 0.29) is 5.92 Å². The van der Waals surface area contributed by atoms with Crippen LogP contribution in [0.3, 0.4) is 0 Å². The van der Waals surface area contributed by atoms with Crippen LogP contribution in [0, 0.1) is 0 Å². The lowest BCUT2D eigenvalue weighted by Gasteiger charge is -2.14. The smallest absolute Gasteiger partial charge is 0.120 e. The molecule has 1 heterocycles. The van der Waals surface area contributed by atoms with Gasteiger partial charge in [-0.05, 0) is 23.3 Å². The van der Waals surface area contributed by atoms with E-state index in [1.54, 1.807) is 12.4 Å². The Morgan fingerprint density at radius 1 is 1.00 bits per heavy atom. The van der Waals surface area contributed by atoms with Crippen molar-refractivity contribution in [2.75, 3.05) is 0 Å². The third-order valence-electron chi connectivity index (χ3n) is 2.64. The van der Waals surface area contributed by atoms with Crippen molar-refractivity contribution in [1.29, 1.82) is 0 Å². The largest absolute Gasteiger partial charge is 0.303 e. The lowest BCUT2D eigenvalue weighted by molar-refractivity contribution is -0.108. The van der Waals surface area contributed by atoms with Gasteiger partial charge in [0, 0.05) is 24.7 Å². The summed E-state index contributed by atoms with van der Waals surface area (Å²) in [5.74, 6) is 0.140. The van der Waals surface area contributed by atoms with Gasteiger partial charge in [0.05, 0.1) is 0 Å². The molecule has 2 heteroatoms. The van der Waals surface area contributed by atoms with Crippen LogP contribution < -0.4 is 0 Å². The maximum atomic E-state index is 10.7. The minimum atomic E-state index is 0.140. The number of carbonyl (C=O) groups excluding carboxylic acids is 1. The van der Waals surface area contributed by atoms with Crippen LogP contribution in [-0.4, -0.2) is 11.3 Å². The summed E-state index contributed by atoms with van der Waals surface area (Å²) in [5, 5.41) is 0. The molecule has 0 amide bonds. The number of aromatic nitrogens is 1. The van der Waals surface area contributed by atoms with Crippen LogP contribution in [0.2, 0.25) is 0 Å². The average molecular weight is 211 g/mol. The topological polar surface area (TPSA) is 30.0 Å². The van der Waals surface area contributed by atoms with E-state index in [1.807, 2.05) is 30.3 Å². The van der Waals surface area contributed by atoms with Crippen LogP contribution in [0.5, 0.6) is 0 Å². The second-order valence-corrected chi connectivity index (χ2v) is 3.65. The summed E-state index contributed by atoms with van der Waals surface area (Å²) in [6, 6.07) is 14.0. The molecule has 0 bridgehead atoms. The first-order valence-corrected chi connectivity index (χ1v) is 5.30. The summed E-state index contributed by atoms with van der Waals surface area (Å²) in [6.07, 6.45) is 5.00. The predicted octanol–water partition coefficient (Wildman–Crippen LogP) is 2.80. The van der Waals surface area contributed by atoms with Gasteiger partial charge in [0.25, 0.3) is 0 Å². The monoisotopic (exact) mass is 211 g/mol. The van der Waals surface area contributed by atoms with Crippen LogP contribution in [-0.2, 0) is 4.79 Å². The van der Waals surface area contributed by atoms with E-state index < -0.39 is 0 Å². The van der Waals surface area contributed by atoms with Crippen molar-refractivity contribution in [1.82, 2.24) is 4.98 Å². The van der Waals surface area contributed by atoms with Gasteiger partial charge in [-0.1, -0.05) is 30.3 Å². The van der Waals surface area contributed by atoms with Crippen molar-refractivity contribution < 1.29 is 4.79 Å². The van der Waals surface area contributed by atoms with Gasteiger partial charge in [0.15, 0.2) is 0 Å². The Labute approximate surface area is 95.0 Å². The summed E-state index contributed by atoms with van der Waals surface area (Å²) in [4.78, 5) is 14.7. The molecule has 1 unspecified atom stereocenters. The normalized spacial score (nSPS) is 12.0. The molecule has 0 aliphatic carbocycles. The van der Waals surface area contributed by atoms with Crippen LogP contribution >= 0.6 is 0 Å². The lowest BCUT2D eigenvalue weighted by Crippen LogP contribution is -2.01. The molecule has 0 radical (unpaired) electrons. The van der Waals surface area contributed by atoms with Crippen LogP contribution in [0.1, 0.15) is 23.5 Å². The molecule has 16 heavy (non-hydrogen) atoms. The highest BCUT2D eigenvalue weighted by Crippen LogP contribution is 2.26. The summed E-state index contributed by atoms with van der Waals surface area (Å²) < 4.78 is 0. The van der Waals surface area contributed by atoms with E-state index in [0.29, 0.717) is 6.42 Å². The van der Waals surface area contributed by atoms with Crippen molar-refractivity contribution in [3.63, 3.8) is 0 Å². The molecule has 1 aromatic carbocycles. The number of aldehydes is 1. The Bertz CT molecular complexity index is 399. The van der Waals surface area contributed by atoms with Crippen molar-refractivity contribution in [2.24, 2.45) is 0 Å². The Morgan fingerprint density at radius 3 is 2.25 bits per heavy atom. The third kappa shape index (κ3) is 2.34. The van der Waals surface area contributed by atoms with Gasteiger partial charge in [-0.2, -0.15) is 0 Å². The molecular weight excluding hydrogens is 198 g/mol. The fourth-order valence-electron chi connectivity index (χ4n) is 1.84. The Balaban J connectivity index is 2.35. The molecule has 0 saturated heterocycles. The molecule has 2 aromatic rings. The van der Waals surface area contributed by atoms with Crippen LogP contribution in [0.15, 0.2) is 54.9 Å². The molecule has 2 rings (SSSR count). The Kier molecular flexibility index (Phi) is 3.44. The number of rotatable bonds is 4. The second kappa shape index (κ2) is 5.21. The molecule has 0 N–H and O–H groups in total. The zero-order chi connectivity index (χ0) is 11.2. The maximum Gasteiger partial charge on any atom is 0.120 e. The molecule has 1 aromatic heterocycles. The Morgan fingerprint density at radius 2 is 1.62 bits per heavy atom. The number of nitrogens with zero attached hydrogens (tertiary/aromatic N) is 1. The zero-order valence-electron chi connectivity index (χ0n) is 8.91. The number of benzene rings is 1. The molecule has 1 atom stereocenters. The van der Waals surface area contributed by atoms with E-state index in [0.717, 1.165) is 11.8 Å². The number of pyridine rings is 1. The van der Waals surface area contributed by atoms with Gasteiger partial charge < -0.3 is 4.79 Å². The molecule has 0 saturated carbocycles. The fourth-order valence-corrected chi connectivity index (χ4v) is 1.84. The van der Waals surface area contributed by atoms with Gasteiger partial charge in [-0.3, -0.25) is 4.98 Å². The maximum absolute atomic E-state index is 10.7. The summed E-state index contributed by atoms with van der Waals surface area (Å²) in [6.45, 7) is 0. The number of hydrogen-bond acceptors (Lipinski definition) is 2. The first kappa shape index (κ1) is 10.6. The highest BCUT2D eigenvalue weighted by molar-refractivity contribution is 5.54. The van der Waals surface area contributed by atoms with Gasteiger partial charge >= 0.3 is 0 Å². The average Bonchev–Trinajstić information content (AvgIpc) is 2.38. The second-order valence-electron chi connectivity index (χ2n) is 3.65. The van der Waals surface area contributed by atoms with E-state index >= 15 is 0 Å². The number of carbonyl (C=O) groups is 1. The van der Waals surface area contributed by atoms with Crippen molar-refractivity contribution >= 4 is 6.29 Å². The lowest BCUT2D eigenvalue weighted by atomic mass is 9.90. The van der Waals surface area contributed by atoms with Crippen molar-refractivity contribution in [3.05, 3.63) is 66.0 Å². The summed E-state index contributed by atoms with van der Waals surface area (Å²) >= 11 is 0. The molecule has 0 fully saturated rings. The fraction of sp³-hybridized carbons (Fsp3) is 0.143. The minimum Gasteiger partial charge on any atom is -0.303 e. The van der Waals surface area contributed by atoms with E-state index in [4.69, 9.17) is 0 Å². The quantitative estimate of drug-likeness (QED) is 0.728. The highest BCUT2D eigenvalue weighted by atomic mass is 16.1. The molecule has 0 spiro atoms. The van der Waals surface area contributed by atoms with E-state index in [2.05, 4.69) is 17.1 Å². The van der Waals surface area contributed by atoms with Crippen LogP contribution in [0.25, 0.3) is 0 Å². The first-order valence-electron chi connectivity index (χ1n) is 5.30. The van der Waals surface area contributed by atoms with Crippen LogP contribution in [0.4, 0.5) is 0 Å². The Hall–Kier alpha value is -1.96. The summed E-state index contributed by atoms with van der Waals surface area (Å²) in [7, 11) is 0. The highest BCUT2D eigenvalue weighted by Gasteiger charge is 2.12. The van der Waals surface area contributed by atoms with Gasteiger partial charge in [0.1, 0.15) is 6.29 Å². The van der Waals surface area contributed by atoms with Gasteiger partial charge in [-0.15, -0.1) is 0 Å². The summed E-state index contributed by atoms with van der Waals surface area (Å²) in [5.41, 5.74) is 2.30. The molecule has 80 valence electrons. The minimum absolute atomic E-state index is 0.140. The molecule has 0 aliphatic heterocycles. The molecule has 0 aliphatic rings. The van der Waals surface area contributed by atoms with Crippen molar-refractivity contribution in [2.45, 2.75) is 12.3 Å². The SMILES string of the molecule is O=CCC(c1ccccc1)c1ccncc1. The van der Waals surface area contributed by atoms with Gasteiger partial charge in [0.2, 0.25) is 0 Å². The van der Waals surface area contributed by atoms with E-state index in [9.17, 15) is 4.79 Å². The predicted molar refractivity (Wildman–Crippen MR) is 63.2 cm³/mol. The number of hydrogen-bond donors (Lipinski definition) is 0. The molecular formula is C14H13NO. The van der Waals surface area contributed by atoms with E-state index in [1.165, 1.54) is 5.56 Å². The molecule has 2 nitrogen and oxygen atoms in total. The van der Waals surface area contributed by atoms with Crippen molar-refractivity contribution in [3.8, 4) is 0 Å². The third-order valence-corrected chi connectivity index (χ3v) is 2.64. The van der Waals surface area contributed by atoms with Gasteiger partial charge in [-0.25, -0.2) is 0 Å². The first-order chi connectivity index (χ1) is 7.92. The standard InChI is InChI=1S/C14H13NO/c16-11-8-14(12-4-2-1-3-5-12)13-6-9-15-10-7-13/h1-7,9-11,14H,8H2.